The molecule has 1 amide bonds. The lowest BCUT2D eigenvalue weighted by molar-refractivity contribution is -0.125. The molecule has 0 saturated heterocycles. The fourth-order valence-electron chi connectivity index (χ4n) is 2.09. The normalized spacial score (nSPS) is 19.2. The van der Waals surface area contributed by atoms with E-state index in [9.17, 15) is 4.79 Å². The predicted octanol–water partition coefficient (Wildman–Crippen LogP) is 1.87. The van der Waals surface area contributed by atoms with E-state index in [-0.39, 0.29) is 11.8 Å². The van der Waals surface area contributed by atoms with Crippen LogP contribution in [0.3, 0.4) is 0 Å². The maximum atomic E-state index is 12.0. The molecule has 0 aromatic heterocycles. The van der Waals surface area contributed by atoms with Crippen LogP contribution in [0, 0.1) is 5.92 Å². The van der Waals surface area contributed by atoms with E-state index in [0.717, 1.165) is 30.7 Å². The molecule has 1 saturated carbocycles. The number of aliphatic imine (C=N–C) groups is 1. The van der Waals surface area contributed by atoms with E-state index in [0.29, 0.717) is 5.70 Å². The zero-order valence-electron chi connectivity index (χ0n) is 10.5. The molecule has 96 valence electrons. The number of carbonyl (C=O) groups is 1. The minimum Gasteiger partial charge on any atom is -0.403 e. The summed E-state index contributed by atoms with van der Waals surface area (Å²) in [5.41, 5.74) is 6.15. The second-order valence-corrected chi connectivity index (χ2v) is 4.93. The summed E-state index contributed by atoms with van der Waals surface area (Å²) in [5.74, 6) is 0.218. The van der Waals surface area contributed by atoms with E-state index in [4.69, 9.17) is 5.73 Å². The Labute approximate surface area is 107 Å². The lowest BCUT2D eigenvalue weighted by Crippen LogP contribution is -2.33. The van der Waals surface area contributed by atoms with Crippen molar-refractivity contribution in [3.05, 3.63) is 11.9 Å². The monoisotopic (exact) mass is 255 g/mol. The molecule has 1 rings (SSSR count). The summed E-state index contributed by atoms with van der Waals surface area (Å²) in [5, 5.41) is 3.64. The fourth-order valence-corrected chi connectivity index (χ4v) is 2.61. The van der Waals surface area contributed by atoms with Gasteiger partial charge >= 0.3 is 0 Å². The fraction of sp³-hybridized carbons (Fsp3) is 0.667. The number of rotatable bonds is 3. The van der Waals surface area contributed by atoms with Crippen molar-refractivity contribution >= 4 is 22.7 Å². The first kappa shape index (κ1) is 14.1. The number of nitrogens with one attached hydrogen (secondary N) is 1. The van der Waals surface area contributed by atoms with Gasteiger partial charge in [0, 0.05) is 19.2 Å². The van der Waals surface area contributed by atoms with Gasteiger partial charge in [-0.1, -0.05) is 19.3 Å². The summed E-state index contributed by atoms with van der Waals surface area (Å²) in [4.78, 5) is 16.1. The molecule has 0 spiro atoms. The van der Waals surface area contributed by atoms with Gasteiger partial charge in [0.25, 0.3) is 0 Å². The number of nitrogens with zero attached hydrogens (tertiary/aromatic N) is 1. The first-order valence-corrected chi connectivity index (χ1v) is 7.19. The topological polar surface area (TPSA) is 67.5 Å². The van der Waals surface area contributed by atoms with Crippen molar-refractivity contribution in [3.63, 3.8) is 0 Å². The first-order chi connectivity index (χ1) is 8.22. The summed E-state index contributed by atoms with van der Waals surface area (Å²) < 4.78 is 0. The van der Waals surface area contributed by atoms with Gasteiger partial charge in [-0.05, 0) is 19.1 Å². The van der Waals surface area contributed by atoms with Crippen molar-refractivity contribution in [3.8, 4) is 0 Å². The van der Waals surface area contributed by atoms with Crippen molar-refractivity contribution in [1.29, 1.82) is 0 Å². The highest BCUT2D eigenvalue weighted by Gasteiger charge is 2.22. The van der Waals surface area contributed by atoms with Crippen molar-refractivity contribution < 1.29 is 4.79 Å². The minimum absolute atomic E-state index is 0.0802. The third kappa shape index (κ3) is 4.07. The Balaban J connectivity index is 2.59. The van der Waals surface area contributed by atoms with Crippen LogP contribution in [0.25, 0.3) is 0 Å². The molecule has 1 aliphatic carbocycles. The molecule has 17 heavy (non-hydrogen) atoms. The lowest BCUT2D eigenvalue weighted by atomic mass is 9.88. The third-order valence-corrected chi connectivity index (χ3v) is 3.82. The van der Waals surface area contributed by atoms with Gasteiger partial charge in [0.05, 0.1) is 5.70 Å². The lowest BCUT2D eigenvalue weighted by Gasteiger charge is -2.21. The number of carbonyl (C=O) groups excluding carboxylic acids is 1. The molecule has 1 aliphatic rings. The van der Waals surface area contributed by atoms with Crippen LogP contribution in [0.15, 0.2) is 16.9 Å². The molecular weight excluding hydrogens is 234 g/mol. The quantitative estimate of drug-likeness (QED) is 0.597. The van der Waals surface area contributed by atoms with Gasteiger partial charge in [-0.15, -0.1) is 11.8 Å². The molecule has 0 heterocycles. The Morgan fingerprint density at radius 2 is 2.06 bits per heavy atom. The molecule has 0 aliphatic heterocycles. The van der Waals surface area contributed by atoms with Crippen LogP contribution in [0.1, 0.15) is 32.1 Å². The Morgan fingerprint density at radius 1 is 1.41 bits per heavy atom. The minimum atomic E-state index is 0.0802. The van der Waals surface area contributed by atoms with Crippen LogP contribution in [-0.2, 0) is 4.79 Å². The second-order valence-electron chi connectivity index (χ2n) is 4.14. The van der Waals surface area contributed by atoms with E-state index in [1.54, 1.807) is 7.05 Å². The van der Waals surface area contributed by atoms with Crippen LogP contribution >= 0.6 is 11.8 Å². The van der Waals surface area contributed by atoms with Crippen LogP contribution in [0.4, 0.5) is 0 Å². The summed E-state index contributed by atoms with van der Waals surface area (Å²) in [6.07, 6.45) is 8.85. The van der Waals surface area contributed by atoms with Gasteiger partial charge in [0.15, 0.2) is 0 Å². The van der Waals surface area contributed by atoms with Gasteiger partial charge in [0.1, 0.15) is 5.04 Å². The smallest absolute Gasteiger partial charge is 0.227 e. The van der Waals surface area contributed by atoms with Crippen molar-refractivity contribution in [2.24, 2.45) is 16.6 Å². The van der Waals surface area contributed by atoms with E-state index < -0.39 is 0 Å². The van der Waals surface area contributed by atoms with Crippen molar-refractivity contribution in [2.75, 3.05) is 13.3 Å². The number of hydrogen-bond donors (Lipinski definition) is 2. The predicted molar refractivity (Wildman–Crippen MR) is 73.9 cm³/mol. The van der Waals surface area contributed by atoms with Gasteiger partial charge in [0.2, 0.25) is 5.91 Å². The molecule has 1 fully saturated rings. The average molecular weight is 255 g/mol. The zero-order valence-corrected chi connectivity index (χ0v) is 11.3. The van der Waals surface area contributed by atoms with Gasteiger partial charge < -0.3 is 11.1 Å². The highest BCUT2D eigenvalue weighted by molar-refractivity contribution is 8.13. The van der Waals surface area contributed by atoms with E-state index in [2.05, 4.69) is 10.3 Å². The molecule has 3 N–H and O–H groups in total. The van der Waals surface area contributed by atoms with Crippen LogP contribution in [0.2, 0.25) is 0 Å². The maximum Gasteiger partial charge on any atom is 0.227 e. The molecule has 0 radical (unpaired) electrons. The first-order valence-electron chi connectivity index (χ1n) is 5.96. The summed E-state index contributed by atoms with van der Waals surface area (Å²) in [7, 11) is 1.70. The van der Waals surface area contributed by atoms with Crippen LogP contribution in [0.5, 0.6) is 0 Å². The number of nitrogens with two attached hydrogens (primary N) is 1. The molecular formula is C12H21N3OS. The molecule has 0 unspecified atom stereocenters. The Hall–Kier alpha value is -0.970. The highest BCUT2D eigenvalue weighted by Crippen LogP contribution is 2.24. The highest BCUT2D eigenvalue weighted by atomic mass is 32.2. The average Bonchev–Trinajstić information content (AvgIpc) is 2.39. The summed E-state index contributed by atoms with van der Waals surface area (Å²) >= 11 is 1.48. The third-order valence-electron chi connectivity index (χ3n) is 3.03. The molecule has 0 aromatic carbocycles. The van der Waals surface area contributed by atoms with E-state index >= 15 is 0 Å². The standard InChI is InChI=1S/C12H21N3OS/c1-14-12(17-2)10(8-13)15-11(16)9-6-4-3-5-7-9/h8-9H,3-7,13H2,1-2H3,(H,15,16). The van der Waals surface area contributed by atoms with Crippen LogP contribution < -0.4 is 11.1 Å². The van der Waals surface area contributed by atoms with E-state index in [1.165, 1.54) is 24.4 Å². The molecule has 0 aromatic rings. The summed E-state index contributed by atoms with van der Waals surface area (Å²) in [6.45, 7) is 0. The van der Waals surface area contributed by atoms with Gasteiger partial charge in [-0.25, -0.2) is 0 Å². The van der Waals surface area contributed by atoms with E-state index in [1.807, 2.05) is 6.26 Å². The second kappa shape index (κ2) is 7.37. The van der Waals surface area contributed by atoms with Crippen LogP contribution in [-0.4, -0.2) is 24.3 Å². The van der Waals surface area contributed by atoms with Crippen molar-refractivity contribution in [1.82, 2.24) is 5.32 Å². The van der Waals surface area contributed by atoms with Crippen molar-refractivity contribution in [2.45, 2.75) is 32.1 Å². The Morgan fingerprint density at radius 3 is 2.53 bits per heavy atom. The zero-order chi connectivity index (χ0) is 12.7. The molecule has 4 nitrogen and oxygen atoms in total. The number of thioether (sulfide) groups is 1. The molecule has 5 heteroatoms. The molecule has 0 atom stereocenters. The SMILES string of the molecule is CN=C(SC)C(=CN)NC(=O)C1CCCCC1. The Bertz CT molecular complexity index is 320. The van der Waals surface area contributed by atoms with Gasteiger partial charge in [-0.2, -0.15) is 0 Å². The number of hydrogen-bond acceptors (Lipinski definition) is 4. The maximum absolute atomic E-state index is 12.0. The van der Waals surface area contributed by atoms with Gasteiger partial charge in [-0.3, -0.25) is 9.79 Å². The molecule has 0 bridgehead atoms. The number of amides is 1. The largest absolute Gasteiger partial charge is 0.403 e. The Kier molecular flexibility index (Phi) is 6.11. The summed E-state index contributed by atoms with van der Waals surface area (Å²) in [6, 6.07) is 0.